The number of thiazole rings is 1. The Bertz CT molecular complexity index is 492. The molecule has 0 aromatic carbocycles. The van der Waals surface area contributed by atoms with E-state index in [1.54, 1.807) is 0 Å². The summed E-state index contributed by atoms with van der Waals surface area (Å²) < 4.78 is 30.9. The Hall–Kier alpha value is -0.990. The minimum atomic E-state index is -3.67. The standard InChI is InChI=1S/C10H14N2O4S2/c13-10(9-5-17-7-11-9)12-18(14,15)6-8-3-1-2-4-16-8/h5,7-8H,1-4,6H2,(H,12,13). The predicted molar refractivity (Wildman–Crippen MR) is 67.0 cm³/mol. The van der Waals surface area contributed by atoms with Crippen molar-refractivity contribution in [3.05, 3.63) is 16.6 Å². The molecule has 6 nitrogen and oxygen atoms in total. The zero-order chi connectivity index (χ0) is 13.0. The smallest absolute Gasteiger partial charge is 0.284 e. The molecule has 0 aliphatic carbocycles. The molecule has 1 aromatic heterocycles. The predicted octanol–water partition coefficient (Wildman–Crippen LogP) is 0.772. The summed E-state index contributed by atoms with van der Waals surface area (Å²) in [5, 5.41) is 1.50. The average Bonchev–Trinajstić information content (AvgIpc) is 2.82. The van der Waals surface area contributed by atoms with Crippen LogP contribution in [0.4, 0.5) is 0 Å². The largest absolute Gasteiger partial charge is 0.377 e. The summed E-state index contributed by atoms with van der Waals surface area (Å²) >= 11 is 1.24. The highest BCUT2D eigenvalue weighted by Gasteiger charge is 2.24. The number of nitrogens with one attached hydrogen (secondary N) is 1. The molecule has 1 fully saturated rings. The first kappa shape index (κ1) is 13.4. The fourth-order valence-corrected chi connectivity index (χ4v) is 3.50. The molecule has 1 saturated heterocycles. The summed E-state index contributed by atoms with van der Waals surface area (Å²) in [5.41, 5.74) is 1.60. The monoisotopic (exact) mass is 290 g/mol. The van der Waals surface area contributed by atoms with Crippen molar-refractivity contribution in [2.24, 2.45) is 0 Å². The summed E-state index contributed by atoms with van der Waals surface area (Å²) in [4.78, 5) is 15.3. The number of amides is 1. The van der Waals surface area contributed by atoms with Gasteiger partial charge in [0.15, 0.2) is 0 Å². The van der Waals surface area contributed by atoms with Crippen molar-refractivity contribution in [3.8, 4) is 0 Å². The second-order valence-corrected chi connectivity index (χ2v) is 6.56. The lowest BCUT2D eigenvalue weighted by Gasteiger charge is -2.22. The molecule has 2 rings (SSSR count). The van der Waals surface area contributed by atoms with E-state index >= 15 is 0 Å². The zero-order valence-electron chi connectivity index (χ0n) is 9.66. The molecule has 1 unspecified atom stereocenters. The van der Waals surface area contributed by atoms with Gasteiger partial charge in [-0.15, -0.1) is 11.3 Å². The Morgan fingerprint density at radius 3 is 3.00 bits per heavy atom. The summed E-state index contributed by atoms with van der Waals surface area (Å²) in [6.45, 7) is 0.584. The Balaban J connectivity index is 1.92. The first-order valence-electron chi connectivity index (χ1n) is 5.61. The van der Waals surface area contributed by atoms with Crippen LogP contribution in [0.3, 0.4) is 0 Å². The SMILES string of the molecule is O=C(NS(=O)(=O)CC1CCCCO1)c1cscn1. The van der Waals surface area contributed by atoms with Crippen LogP contribution >= 0.6 is 11.3 Å². The summed E-state index contributed by atoms with van der Waals surface area (Å²) in [6, 6.07) is 0. The van der Waals surface area contributed by atoms with E-state index in [4.69, 9.17) is 4.74 Å². The first-order valence-corrected chi connectivity index (χ1v) is 8.21. The molecule has 0 spiro atoms. The van der Waals surface area contributed by atoms with E-state index in [1.807, 2.05) is 4.72 Å². The van der Waals surface area contributed by atoms with Gasteiger partial charge in [0, 0.05) is 12.0 Å². The number of sulfonamides is 1. The number of carbonyl (C=O) groups excluding carboxylic acids is 1. The number of ether oxygens (including phenoxy) is 1. The Kier molecular flexibility index (Phi) is 4.31. The van der Waals surface area contributed by atoms with E-state index in [-0.39, 0.29) is 17.6 Å². The molecule has 18 heavy (non-hydrogen) atoms. The van der Waals surface area contributed by atoms with Gasteiger partial charge in [-0.05, 0) is 19.3 Å². The lowest BCUT2D eigenvalue weighted by atomic mass is 10.1. The van der Waals surface area contributed by atoms with E-state index < -0.39 is 15.9 Å². The molecule has 1 aliphatic rings. The normalized spacial score (nSPS) is 20.6. The van der Waals surface area contributed by atoms with Gasteiger partial charge in [0.1, 0.15) is 5.69 Å². The highest BCUT2D eigenvalue weighted by molar-refractivity contribution is 7.90. The van der Waals surface area contributed by atoms with Crippen molar-refractivity contribution in [2.45, 2.75) is 25.4 Å². The van der Waals surface area contributed by atoms with Crippen molar-refractivity contribution in [2.75, 3.05) is 12.4 Å². The fourth-order valence-electron chi connectivity index (χ4n) is 1.74. The van der Waals surface area contributed by atoms with E-state index in [0.29, 0.717) is 13.0 Å². The van der Waals surface area contributed by atoms with Crippen molar-refractivity contribution in [1.29, 1.82) is 0 Å². The van der Waals surface area contributed by atoms with Gasteiger partial charge in [-0.3, -0.25) is 4.79 Å². The van der Waals surface area contributed by atoms with Crippen molar-refractivity contribution in [3.63, 3.8) is 0 Å². The molecule has 1 aliphatic heterocycles. The summed E-state index contributed by atoms with van der Waals surface area (Å²) in [5.74, 6) is -0.866. The molecule has 0 radical (unpaired) electrons. The maximum Gasteiger partial charge on any atom is 0.284 e. The molecule has 2 heterocycles. The lowest BCUT2D eigenvalue weighted by Crippen LogP contribution is -2.38. The van der Waals surface area contributed by atoms with Crippen LogP contribution in [-0.4, -0.2) is 37.8 Å². The van der Waals surface area contributed by atoms with Gasteiger partial charge in [-0.1, -0.05) is 0 Å². The zero-order valence-corrected chi connectivity index (χ0v) is 11.3. The molecular formula is C10H14N2O4S2. The van der Waals surface area contributed by atoms with Crippen molar-refractivity contribution >= 4 is 27.3 Å². The number of nitrogens with zero attached hydrogens (tertiary/aromatic N) is 1. The lowest BCUT2D eigenvalue weighted by molar-refractivity contribution is 0.0304. The molecule has 0 saturated carbocycles. The first-order chi connectivity index (χ1) is 8.57. The summed E-state index contributed by atoms with van der Waals surface area (Å²) in [7, 11) is -3.67. The topological polar surface area (TPSA) is 85.4 Å². The van der Waals surface area contributed by atoms with E-state index in [1.165, 1.54) is 22.2 Å². The third-order valence-electron chi connectivity index (χ3n) is 2.59. The molecule has 1 aromatic rings. The van der Waals surface area contributed by atoms with Gasteiger partial charge in [-0.25, -0.2) is 18.1 Å². The number of hydrogen-bond acceptors (Lipinski definition) is 6. The van der Waals surface area contributed by atoms with Crippen LogP contribution in [0.25, 0.3) is 0 Å². The molecule has 0 bridgehead atoms. The number of carbonyl (C=O) groups is 1. The van der Waals surface area contributed by atoms with Gasteiger partial charge in [0.25, 0.3) is 5.91 Å². The highest BCUT2D eigenvalue weighted by atomic mass is 32.2. The second-order valence-electron chi connectivity index (χ2n) is 4.07. The summed E-state index contributed by atoms with van der Waals surface area (Å²) in [6.07, 6.45) is 2.31. The van der Waals surface area contributed by atoms with Crippen LogP contribution in [0.1, 0.15) is 29.8 Å². The molecule has 8 heteroatoms. The van der Waals surface area contributed by atoms with Crippen molar-refractivity contribution < 1.29 is 17.9 Å². The van der Waals surface area contributed by atoms with Gasteiger partial charge in [-0.2, -0.15) is 0 Å². The van der Waals surface area contributed by atoms with Crippen molar-refractivity contribution in [1.82, 2.24) is 9.71 Å². The second kappa shape index (κ2) is 5.77. The van der Waals surface area contributed by atoms with Gasteiger partial charge in [0.05, 0.1) is 17.4 Å². The van der Waals surface area contributed by atoms with Gasteiger partial charge >= 0.3 is 0 Å². The highest BCUT2D eigenvalue weighted by Crippen LogP contribution is 2.14. The Morgan fingerprint density at radius 1 is 1.56 bits per heavy atom. The minimum Gasteiger partial charge on any atom is -0.377 e. The van der Waals surface area contributed by atoms with Crippen LogP contribution in [0.2, 0.25) is 0 Å². The van der Waals surface area contributed by atoms with E-state index in [0.717, 1.165) is 12.8 Å². The van der Waals surface area contributed by atoms with Crippen LogP contribution in [-0.2, 0) is 14.8 Å². The van der Waals surface area contributed by atoms with Crippen LogP contribution in [0.15, 0.2) is 10.9 Å². The quantitative estimate of drug-likeness (QED) is 0.885. The molecular weight excluding hydrogens is 276 g/mol. The number of aromatic nitrogens is 1. The number of hydrogen-bond donors (Lipinski definition) is 1. The van der Waals surface area contributed by atoms with E-state index in [2.05, 4.69) is 4.98 Å². The third-order valence-corrected chi connectivity index (χ3v) is 4.49. The van der Waals surface area contributed by atoms with E-state index in [9.17, 15) is 13.2 Å². The molecule has 1 N–H and O–H groups in total. The van der Waals surface area contributed by atoms with Gasteiger partial charge < -0.3 is 4.74 Å². The average molecular weight is 290 g/mol. The Morgan fingerprint density at radius 2 is 2.39 bits per heavy atom. The van der Waals surface area contributed by atoms with Crippen LogP contribution in [0.5, 0.6) is 0 Å². The maximum absolute atomic E-state index is 11.8. The molecule has 1 amide bonds. The molecule has 1 atom stereocenters. The Labute approximate surface area is 109 Å². The van der Waals surface area contributed by atoms with Crippen LogP contribution < -0.4 is 4.72 Å². The third kappa shape index (κ3) is 3.76. The van der Waals surface area contributed by atoms with Crippen LogP contribution in [0, 0.1) is 0 Å². The minimum absolute atomic E-state index is 0.119. The molecule has 100 valence electrons. The fraction of sp³-hybridized carbons (Fsp3) is 0.600. The number of rotatable bonds is 4. The van der Waals surface area contributed by atoms with Gasteiger partial charge in [0.2, 0.25) is 10.0 Å². The maximum atomic E-state index is 11.8.